The second kappa shape index (κ2) is 6.10. The Kier molecular flexibility index (Phi) is 4.46. The van der Waals surface area contributed by atoms with E-state index in [1.54, 1.807) is 0 Å². The van der Waals surface area contributed by atoms with Crippen molar-refractivity contribution in [1.29, 1.82) is 0 Å². The molecule has 0 N–H and O–H groups in total. The largest absolute Gasteiger partial charge is 0.469 e. The maximum absolute atomic E-state index is 11.4. The number of methoxy groups -OCH3 is 1. The lowest BCUT2D eigenvalue weighted by molar-refractivity contribution is -0.139. The summed E-state index contributed by atoms with van der Waals surface area (Å²) in [7, 11) is 1.41. The molecule has 0 atom stereocenters. The fourth-order valence-electron chi connectivity index (χ4n) is 2.23. The number of hydrogen-bond donors (Lipinski definition) is 0. The zero-order chi connectivity index (χ0) is 14.7. The molecule has 104 valence electrons. The molecule has 0 radical (unpaired) electrons. The molecule has 0 fully saturated rings. The number of esters is 1. The third-order valence-corrected chi connectivity index (χ3v) is 3.65. The molecule has 2 nitrogen and oxygen atoms in total. The number of ether oxygens (including phenoxy) is 1. The Labute approximate surface area is 124 Å². The van der Waals surface area contributed by atoms with E-state index >= 15 is 0 Å². The second-order valence-electron chi connectivity index (χ2n) is 4.85. The van der Waals surface area contributed by atoms with Gasteiger partial charge in [-0.05, 0) is 53.8 Å². The smallest absolute Gasteiger partial charge is 0.309 e. The Morgan fingerprint density at radius 2 is 1.75 bits per heavy atom. The first-order valence-corrected chi connectivity index (χ1v) is 6.82. The van der Waals surface area contributed by atoms with Crippen LogP contribution in [0.15, 0.2) is 36.4 Å². The highest BCUT2D eigenvalue weighted by atomic mass is 35.5. The van der Waals surface area contributed by atoms with Crippen LogP contribution in [0.2, 0.25) is 5.02 Å². The van der Waals surface area contributed by atoms with Crippen molar-refractivity contribution >= 4 is 17.6 Å². The van der Waals surface area contributed by atoms with Gasteiger partial charge in [0.1, 0.15) is 0 Å². The molecular weight excluding hydrogens is 272 g/mol. The Bertz CT molecular complexity index is 630. The van der Waals surface area contributed by atoms with Crippen LogP contribution < -0.4 is 0 Å². The minimum atomic E-state index is -0.216. The Balaban J connectivity index is 2.40. The van der Waals surface area contributed by atoms with E-state index in [-0.39, 0.29) is 5.97 Å². The van der Waals surface area contributed by atoms with E-state index in [0.717, 1.165) is 32.8 Å². The summed E-state index contributed by atoms with van der Waals surface area (Å²) in [5.41, 5.74) is 5.52. The fraction of sp³-hybridized carbons (Fsp3) is 0.235. The Morgan fingerprint density at radius 3 is 2.35 bits per heavy atom. The van der Waals surface area contributed by atoms with Gasteiger partial charge in [0, 0.05) is 5.02 Å². The minimum absolute atomic E-state index is 0.216. The summed E-state index contributed by atoms with van der Waals surface area (Å²) in [5, 5.41) is 0.727. The summed E-state index contributed by atoms with van der Waals surface area (Å²) in [6, 6.07) is 11.9. The predicted molar refractivity (Wildman–Crippen MR) is 82.1 cm³/mol. The van der Waals surface area contributed by atoms with Crippen molar-refractivity contribution in [1.82, 2.24) is 0 Å². The predicted octanol–water partition coefficient (Wildman–Crippen LogP) is 4.34. The third-order valence-electron chi connectivity index (χ3n) is 3.40. The van der Waals surface area contributed by atoms with Gasteiger partial charge in [0.15, 0.2) is 0 Å². The lowest BCUT2D eigenvalue weighted by Gasteiger charge is -2.12. The first-order chi connectivity index (χ1) is 9.51. The van der Waals surface area contributed by atoms with Gasteiger partial charge in [-0.3, -0.25) is 4.79 Å². The van der Waals surface area contributed by atoms with Crippen molar-refractivity contribution in [3.8, 4) is 11.1 Å². The summed E-state index contributed by atoms with van der Waals surface area (Å²) in [4.78, 5) is 11.4. The van der Waals surface area contributed by atoms with Gasteiger partial charge in [-0.1, -0.05) is 35.9 Å². The average Bonchev–Trinajstić information content (AvgIpc) is 2.43. The zero-order valence-corrected chi connectivity index (χ0v) is 12.6. The van der Waals surface area contributed by atoms with Crippen LogP contribution in [0.1, 0.15) is 16.7 Å². The molecule has 0 aliphatic rings. The van der Waals surface area contributed by atoms with Crippen LogP contribution in [0.5, 0.6) is 0 Å². The van der Waals surface area contributed by atoms with Gasteiger partial charge in [0.05, 0.1) is 13.5 Å². The number of aryl methyl sites for hydroxylation is 2. The van der Waals surface area contributed by atoms with Crippen LogP contribution in [0.4, 0.5) is 0 Å². The molecule has 0 spiro atoms. The third kappa shape index (κ3) is 3.20. The molecule has 2 rings (SSSR count). The maximum Gasteiger partial charge on any atom is 0.309 e. The zero-order valence-electron chi connectivity index (χ0n) is 11.9. The molecule has 0 aliphatic heterocycles. The highest BCUT2D eigenvalue weighted by molar-refractivity contribution is 6.30. The average molecular weight is 289 g/mol. The molecule has 0 unspecified atom stereocenters. The fourth-order valence-corrected chi connectivity index (χ4v) is 2.36. The van der Waals surface area contributed by atoms with E-state index in [1.807, 2.05) is 38.1 Å². The van der Waals surface area contributed by atoms with Crippen LogP contribution in [0, 0.1) is 13.8 Å². The van der Waals surface area contributed by atoms with Crippen molar-refractivity contribution in [2.24, 2.45) is 0 Å². The molecule has 20 heavy (non-hydrogen) atoms. The maximum atomic E-state index is 11.4. The number of carbonyl (C=O) groups is 1. The molecule has 0 saturated heterocycles. The number of carbonyl (C=O) groups excluding carboxylic acids is 1. The van der Waals surface area contributed by atoms with Gasteiger partial charge < -0.3 is 4.74 Å². The molecule has 0 aromatic heterocycles. The van der Waals surface area contributed by atoms with Crippen molar-refractivity contribution in [2.75, 3.05) is 7.11 Å². The first-order valence-electron chi connectivity index (χ1n) is 6.44. The minimum Gasteiger partial charge on any atom is -0.469 e. The highest BCUT2D eigenvalue weighted by Crippen LogP contribution is 2.28. The highest BCUT2D eigenvalue weighted by Gasteiger charge is 2.10. The van der Waals surface area contributed by atoms with Crippen molar-refractivity contribution in [3.63, 3.8) is 0 Å². The lowest BCUT2D eigenvalue weighted by atomic mass is 9.94. The molecule has 0 amide bonds. The van der Waals surface area contributed by atoms with E-state index in [2.05, 4.69) is 12.1 Å². The summed E-state index contributed by atoms with van der Waals surface area (Å²) < 4.78 is 4.72. The van der Waals surface area contributed by atoms with Gasteiger partial charge in [-0.2, -0.15) is 0 Å². The van der Waals surface area contributed by atoms with Crippen LogP contribution in [-0.2, 0) is 16.0 Å². The van der Waals surface area contributed by atoms with E-state index in [4.69, 9.17) is 16.3 Å². The molecular formula is C17H17ClO2. The summed E-state index contributed by atoms with van der Waals surface area (Å²) >= 11 is 5.92. The lowest BCUT2D eigenvalue weighted by Crippen LogP contribution is -2.06. The van der Waals surface area contributed by atoms with Gasteiger partial charge in [0.2, 0.25) is 0 Å². The quantitative estimate of drug-likeness (QED) is 0.785. The van der Waals surface area contributed by atoms with Crippen molar-refractivity contribution < 1.29 is 9.53 Å². The van der Waals surface area contributed by atoms with Crippen molar-refractivity contribution in [3.05, 3.63) is 58.1 Å². The monoisotopic (exact) mass is 288 g/mol. The van der Waals surface area contributed by atoms with Gasteiger partial charge in [-0.25, -0.2) is 0 Å². The normalized spacial score (nSPS) is 10.4. The van der Waals surface area contributed by atoms with Gasteiger partial charge >= 0.3 is 5.97 Å². The Hall–Kier alpha value is -1.80. The number of halogens is 1. The van der Waals surface area contributed by atoms with E-state index in [1.165, 1.54) is 7.11 Å². The first kappa shape index (κ1) is 14.6. The van der Waals surface area contributed by atoms with E-state index < -0.39 is 0 Å². The standard InChI is InChI=1S/C17H17ClO2/c1-11-9-16(13-4-6-15(18)7-5-13)12(2)8-14(11)10-17(19)20-3/h4-9H,10H2,1-3H3. The van der Waals surface area contributed by atoms with E-state index in [0.29, 0.717) is 6.42 Å². The summed E-state index contributed by atoms with van der Waals surface area (Å²) in [6.45, 7) is 4.06. The van der Waals surface area contributed by atoms with Gasteiger partial charge in [0.25, 0.3) is 0 Å². The molecule has 0 saturated carbocycles. The number of rotatable bonds is 3. The molecule has 2 aromatic rings. The van der Waals surface area contributed by atoms with Crippen LogP contribution in [-0.4, -0.2) is 13.1 Å². The number of hydrogen-bond acceptors (Lipinski definition) is 2. The SMILES string of the molecule is COC(=O)Cc1cc(C)c(-c2ccc(Cl)cc2)cc1C. The van der Waals surface area contributed by atoms with Gasteiger partial charge in [-0.15, -0.1) is 0 Å². The molecule has 3 heteroatoms. The molecule has 0 bridgehead atoms. The van der Waals surface area contributed by atoms with E-state index in [9.17, 15) is 4.79 Å². The Morgan fingerprint density at radius 1 is 1.10 bits per heavy atom. The topological polar surface area (TPSA) is 26.3 Å². The van der Waals surface area contributed by atoms with Crippen LogP contribution >= 0.6 is 11.6 Å². The summed E-state index contributed by atoms with van der Waals surface area (Å²) in [6.07, 6.45) is 0.310. The summed E-state index contributed by atoms with van der Waals surface area (Å²) in [5.74, 6) is -0.216. The molecule has 2 aromatic carbocycles. The number of benzene rings is 2. The van der Waals surface area contributed by atoms with Crippen LogP contribution in [0.25, 0.3) is 11.1 Å². The van der Waals surface area contributed by atoms with Crippen molar-refractivity contribution in [2.45, 2.75) is 20.3 Å². The van der Waals surface area contributed by atoms with Crippen LogP contribution in [0.3, 0.4) is 0 Å². The molecule has 0 heterocycles. The molecule has 0 aliphatic carbocycles. The second-order valence-corrected chi connectivity index (χ2v) is 5.29.